The molecule has 2 nitrogen and oxygen atoms in total. The van der Waals surface area contributed by atoms with E-state index >= 15 is 0 Å². The van der Waals surface area contributed by atoms with E-state index < -0.39 is 0 Å². The zero-order valence-electron chi connectivity index (χ0n) is 11.8. The van der Waals surface area contributed by atoms with E-state index in [1.165, 1.54) is 17.5 Å². The zero-order valence-corrected chi connectivity index (χ0v) is 11.8. The molecule has 2 atom stereocenters. The molecule has 0 spiro atoms. The Hall–Kier alpha value is -1.64. The minimum Gasteiger partial charge on any atom is -0.323 e. The largest absolute Gasteiger partial charge is 0.323 e. The van der Waals surface area contributed by atoms with Gasteiger partial charge in [-0.05, 0) is 30.0 Å². The number of nitrogens with zero attached hydrogens (tertiary/aromatic N) is 1. The molecule has 1 aliphatic heterocycles. The maximum atomic E-state index is 6.32. The summed E-state index contributed by atoms with van der Waals surface area (Å²) in [5, 5.41) is 0. The average Bonchev–Trinajstić information content (AvgIpc) is 2.97. The second kappa shape index (κ2) is 6.21. The van der Waals surface area contributed by atoms with Crippen molar-refractivity contribution in [1.82, 2.24) is 4.90 Å². The van der Waals surface area contributed by atoms with Gasteiger partial charge >= 0.3 is 0 Å². The highest BCUT2D eigenvalue weighted by atomic mass is 15.2. The first kappa shape index (κ1) is 13.3. The van der Waals surface area contributed by atoms with Crippen molar-refractivity contribution in [3.63, 3.8) is 0 Å². The van der Waals surface area contributed by atoms with E-state index in [0.717, 1.165) is 19.6 Å². The van der Waals surface area contributed by atoms with Crippen molar-refractivity contribution in [2.75, 3.05) is 19.6 Å². The van der Waals surface area contributed by atoms with Gasteiger partial charge in [0.2, 0.25) is 0 Å². The third-order valence-electron chi connectivity index (χ3n) is 4.23. The van der Waals surface area contributed by atoms with Crippen LogP contribution in [-0.2, 0) is 0 Å². The molecular weight excluding hydrogens is 244 g/mol. The maximum absolute atomic E-state index is 6.32. The van der Waals surface area contributed by atoms with Gasteiger partial charge in [-0.2, -0.15) is 0 Å². The lowest BCUT2D eigenvalue weighted by Gasteiger charge is -2.21. The van der Waals surface area contributed by atoms with E-state index in [9.17, 15) is 0 Å². The summed E-state index contributed by atoms with van der Waals surface area (Å²) in [6, 6.07) is 21.4. The predicted octanol–water partition coefficient (Wildman–Crippen LogP) is 3.18. The maximum Gasteiger partial charge on any atom is 0.0424 e. The average molecular weight is 266 g/mol. The van der Waals surface area contributed by atoms with Crippen LogP contribution in [0.2, 0.25) is 0 Å². The third kappa shape index (κ3) is 3.09. The summed E-state index contributed by atoms with van der Waals surface area (Å²) >= 11 is 0. The van der Waals surface area contributed by atoms with Gasteiger partial charge in [-0.15, -0.1) is 0 Å². The van der Waals surface area contributed by atoms with Gasteiger partial charge in [0.1, 0.15) is 0 Å². The number of hydrogen-bond acceptors (Lipinski definition) is 2. The minimum atomic E-state index is 0.116. The Morgan fingerprint density at radius 3 is 2.35 bits per heavy atom. The lowest BCUT2D eigenvalue weighted by molar-refractivity contribution is 0.312. The first-order valence-corrected chi connectivity index (χ1v) is 7.41. The number of benzene rings is 2. The van der Waals surface area contributed by atoms with Crippen LogP contribution in [0.5, 0.6) is 0 Å². The molecule has 0 aromatic heterocycles. The van der Waals surface area contributed by atoms with Crippen molar-refractivity contribution in [2.45, 2.75) is 18.4 Å². The Kier molecular flexibility index (Phi) is 4.14. The second-order valence-corrected chi connectivity index (χ2v) is 5.67. The molecule has 104 valence electrons. The van der Waals surface area contributed by atoms with Gasteiger partial charge in [0.25, 0.3) is 0 Å². The summed E-state index contributed by atoms with van der Waals surface area (Å²) in [7, 11) is 0. The second-order valence-electron chi connectivity index (χ2n) is 5.67. The monoisotopic (exact) mass is 266 g/mol. The van der Waals surface area contributed by atoms with Gasteiger partial charge < -0.3 is 10.6 Å². The highest BCUT2D eigenvalue weighted by Gasteiger charge is 2.24. The van der Waals surface area contributed by atoms with Crippen molar-refractivity contribution in [1.29, 1.82) is 0 Å². The highest BCUT2D eigenvalue weighted by Crippen LogP contribution is 2.27. The molecule has 2 N–H and O–H groups in total. The van der Waals surface area contributed by atoms with Crippen LogP contribution in [0.15, 0.2) is 60.7 Å². The molecule has 1 aliphatic rings. The molecule has 1 heterocycles. The van der Waals surface area contributed by atoms with Crippen LogP contribution in [0.4, 0.5) is 0 Å². The fourth-order valence-corrected chi connectivity index (χ4v) is 3.08. The number of rotatable bonds is 4. The molecule has 0 amide bonds. The summed E-state index contributed by atoms with van der Waals surface area (Å²) in [4.78, 5) is 2.50. The van der Waals surface area contributed by atoms with Gasteiger partial charge in [0.15, 0.2) is 0 Å². The normalized spacial score (nSPS) is 20.9. The summed E-state index contributed by atoms with van der Waals surface area (Å²) in [6.07, 6.45) is 1.24. The topological polar surface area (TPSA) is 29.3 Å². The van der Waals surface area contributed by atoms with Crippen LogP contribution in [0, 0.1) is 0 Å². The summed E-state index contributed by atoms with van der Waals surface area (Å²) in [5.74, 6) is 0.666. The van der Waals surface area contributed by atoms with E-state index in [1.807, 2.05) is 6.07 Å². The Labute approximate surface area is 121 Å². The molecule has 0 radical (unpaired) electrons. The van der Waals surface area contributed by atoms with Crippen LogP contribution in [0.3, 0.4) is 0 Å². The summed E-state index contributed by atoms with van der Waals surface area (Å²) in [6.45, 7) is 3.23. The number of hydrogen-bond donors (Lipinski definition) is 1. The first-order chi connectivity index (χ1) is 9.83. The van der Waals surface area contributed by atoms with Crippen molar-refractivity contribution in [3.8, 4) is 0 Å². The fraction of sp³-hybridized carbons (Fsp3) is 0.333. The van der Waals surface area contributed by atoms with Crippen LogP contribution >= 0.6 is 0 Å². The van der Waals surface area contributed by atoms with Crippen LogP contribution < -0.4 is 5.73 Å². The molecule has 2 unspecified atom stereocenters. The van der Waals surface area contributed by atoms with Crippen molar-refractivity contribution >= 4 is 0 Å². The molecule has 0 saturated carbocycles. The lowest BCUT2D eigenvalue weighted by Crippen LogP contribution is -2.30. The van der Waals surface area contributed by atoms with Gasteiger partial charge in [-0.1, -0.05) is 60.7 Å². The van der Waals surface area contributed by atoms with E-state index in [0.29, 0.717) is 5.92 Å². The fourth-order valence-electron chi connectivity index (χ4n) is 3.08. The molecular formula is C18H22N2. The van der Waals surface area contributed by atoms with Gasteiger partial charge in [-0.3, -0.25) is 0 Å². The third-order valence-corrected chi connectivity index (χ3v) is 4.23. The Balaban J connectivity index is 1.58. The molecule has 2 aromatic rings. The Bertz CT molecular complexity index is 524. The van der Waals surface area contributed by atoms with Gasteiger partial charge in [0, 0.05) is 19.1 Å². The van der Waals surface area contributed by atoms with Gasteiger partial charge in [-0.25, -0.2) is 0 Å². The predicted molar refractivity (Wildman–Crippen MR) is 83.6 cm³/mol. The van der Waals surface area contributed by atoms with E-state index in [1.54, 1.807) is 0 Å². The Morgan fingerprint density at radius 1 is 1.00 bits per heavy atom. The number of likely N-dealkylation sites (tertiary alicyclic amines) is 1. The molecule has 1 fully saturated rings. The molecule has 0 bridgehead atoms. The van der Waals surface area contributed by atoms with Crippen molar-refractivity contribution in [2.24, 2.45) is 5.73 Å². The molecule has 3 rings (SSSR count). The molecule has 2 aromatic carbocycles. The summed E-state index contributed by atoms with van der Waals surface area (Å²) < 4.78 is 0. The molecule has 0 aliphatic carbocycles. The van der Waals surface area contributed by atoms with Crippen molar-refractivity contribution < 1.29 is 0 Å². The first-order valence-electron chi connectivity index (χ1n) is 7.41. The SMILES string of the molecule is NC(CN1CCC(c2ccccc2)C1)c1ccccc1. The van der Waals surface area contributed by atoms with Crippen molar-refractivity contribution in [3.05, 3.63) is 71.8 Å². The van der Waals surface area contributed by atoms with Crippen LogP contribution in [0.1, 0.15) is 29.5 Å². The standard InChI is InChI=1S/C18H22N2/c19-18(16-9-5-2-6-10-16)14-20-12-11-17(13-20)15-7-3-1-4-8-15/h1-10,17-18H,11-14,19H2. The summed E-state index contributed by atoms with van der Waals surface area (Å²) in [5.41, 5.74) is 9.01. The smallest absolute Gasteiger partial charge is 0.0424 e. The van der Waals surface area contributed by atoms with E-state index in [-0.39, 0.29) is 6.04 Å². The zero-order chi connectivity index (χ0) is 13.8. The Morgan fingerprint density at radius 2 is 1.65 bits per heavy atom. The van der Waals surface area contributed by atoms with E-state index in [4.69, 9.17) is 5.73 Å². The minimum absolute atomic E-state index is 0.116. The van der Waals surface area contributed by atoms with E-state index in [2.05, 4.69) is 59.5 Å². The quantitative estimate of drug-likeness (QED) is 0.921. The highest BCUT2D eigenvalue weighted by molar-refractivity contribution is 5.22. The van der Waals surface area contributed by atoms with Crippen LogP contribution in [-0.4, -0.2) is 24.5 Å². The molecule has 1 saturated heterocycles. The van der Waals surface area contributed by atoms with Crippen LogP contribution in [0.25, 0.3) is 0 Å². The molecule has 20 heavy (non-hydrogen) atoms. The lowest BCUT2D eigenvalue weighted by atomic mass is 9.99. The molecule has 2 heteroatoms. The van der Waals surface area contributed by atoms with Gasteiger partial charge in [0.05, 0.1) is 0 Å². The number of nitrogens with two attached hydrogens (primary N) is 1.